The van der Waals surface area contributed by atoms with Gasteiger partial charge in [-0.25, -0.2) is 9.13 Å². The van der Waals surface area contributed by atoms with Crippen LogP contribution in [0.2, 0.25) is 0 Å². The standard InChI is InChI=1S/C43H44N2/c1-31-16-11-12-19-37(31)42(3,4)39-21-15-22-41(45(39)7)43(5,40-20-13-14-29-44(40)6)38-30-36(24-23-32(38)2)35-27-25-34(26-28-35)33-17-9-8-10-18-33/h8-30H,1-7H3/q+2. The lowest BCUT2D eigenvalue weighted by Crippen LogP contribution is -2.53. The van der Waals surface area contributed by atoms with Crippen LogP contribution in [0.1, 0.15) is 60.1 Å². The lowest BCUT2D eigenvalue weighted by Gasteiger charge is -2.30. The van der Waals surface area contributed by atoms with Crippen LogP contribution in [0.3, 0.4) is 0 Å². The molecule has 4 aromatic carbocycles. The van der Waals surface area contributed by atoms with E-state index in [9.17, 15) is 0 Å². The maximum Gasteiger partial charge on any atom is 0.202 e. The van der Waals surface area contributed by atoms with Gasteiger partial charge in [-0.2, -0.15) is 0 Å². The molecule has 2 heteroatoms. The molecule has 45 heavy (non-hydrogen) atoms. The van der Waals surface area contributed by atoms with Gasteiger partial charge in [-0.15, -0.1) is 0 Å². The summed E-state index contributed by atoms with van der Waals surface area (Å²) in [4.78, 5) is 0. The van der Waals surface area contributed by atoms with Gasteiger partial charge in [0.1, 0.15) is 14.1 Å². The molecule has 0 amide bonds. The largest absolute Gasteiger partial charge is 0.204 e. The average Bonchev–Trinajstić information content (AvgIpc) is 3.05. The zero-order valence-corrected chi connectivity index (χ0v) is 27.7. The number of benzene rings is 4. The maximum absolute atomic E-state index is 2.44. The van der Waals surface area contributed by atoms with E-state index in [-0.39, 0.29) is 5.41 Å². The third-order valence-corrected chi connectivity index (χ3v) is 9.87. The van der Waals surface area contributed by atoms with E-state index in [0.29, 0.717) is 0 Å². The molecule has 0 aliphatic carbocycles. The molecule has 0 radical (unpaired) electrons. The lowest BCUT2D eigenvalue weighted by molar-refractivity contribution is -0.702. The monoisotopic (exact) mass is 588 g/mol. The third kappa shape index (κ3) is 5.40. The molecule has 0 bridgehead atoms. The van der Waals surface area contributed by atoms with Gasteiger partial charge in [0.15, 0.2) is 17.3 Å². The highest BCUT2D eigenvalue weighted by molar-refractivity contribution is 5.71. The summed E-state index contributed by atoms with van der Waals surface area (Å²) in [6.45, 7) is 11.6. The molecule has 0 saturated heterocycles. The van der Waals surface area contributed by atoms with Gasteiger partial charge in [-0.05, 0) is 91.3 Å². The maximum atomic E-state index is 2.44. The highest BCUT2D eigenvalue weighted by atomic mass is 15.0. The van der Waals surface area contributed by atoms with Crippen LogP contribution >= 0.6 is 0 Å². The molecular weight excluding hydrogens is 544 g/mol. The van der Waals surface area contributed by atoms with Gasteiger partial charge in [0.25, 0.3) is 0 Å². The summed E-state index contributed by atoms with van der Waals surface area (Å²) in [5, 5.41) is 0. The predicted octanol–water partition coefficient (Wildman–Crippen LogP) is 8.97. The Hall–Kier alpha value is -4.82. The molecule has 0 aliphatic heterocycles. The molecule has 0 spiro atoms. The van der Waals surface area contributed by atoms with Gasteiger partial charge in [0.2, 0.25) is 11.4 Å². The Morgan fingerprint density at radius 3 is 1.67 bits per heavy atom. The summed E-state index contributed by atoms with van der Waals surface area (Å²) in [6.07, 6.45) is 2.16. The van der Waals surface area contributed by atoms with Crippen molar-refractivity contribution in [1.29, 1.82) is 0 Å². The van der Waals surface area contributed by atoms with Crippen molar-refractivity contribution in [3.05, 3.63) is 179 Å². The van der Waals surface area contributed by atoms with Crippen LogP contribution in [0.15, 0.2) is 140 Å². The smallest absolute Gasteiger partial charge is 0.202 e. The molecule has 2 heterocycles. The van der Waals surface area contributed by atoms with Crippen LogP contribution in [0, 0.1) is 13.8 Å². The van der Waals surface area contributed by atoms with Crippen molar-refractivity contribution < 1.29 is 9.13 Å². The summed E-state index contributed by atoms with van der Waals surface area (Å²) in [6, 6.07) is 48.7. The number of nitrogens with zero attached hydrogens (tertiary/aromatic N) is 2. The summed E-state index contributed by atoms with van der Waals surface area (Å²) in [7, 11) is 4.41. The SMILES string of the molecule is Cc1ccccc1C(C)(C)c1cccc(C(C)(c2cc(-c3ccc(-c4ccccc4)cc3)ccc2C)c2cccc[n+]2C)[n+]1C. The summed E-state index contributed by atoms with van der Waals surface area (Å²) in [5.41, 5.74) is 13.3. The van der Waals surface area contributed by atoms with E-state index in [2.05, 4.69) is 198 Å². The minimum Gasteiger partial charge on any atom is -0.204 e. The zero-order chi connectivity index (χ0) is 31.8. The fourth-order valence-electron chi connectivity index (χ4n) is 7.40. The van der Waals surface area contributed by atoms with Crippen molar-refractivity contribution in [3.8, 4) is 22.3 Å². The molecule has 0 fully saturated rings. The second kappa shape index (κ2) is 11.9. The number of pyridine rings is 2. The molecule has 0 saturated carbocycles. The van der Waals surface area contributed by atoms with E-state index >= 15 is 0 Å². The van der Waals surface area contributed by atoms with Gasteiger partial charge in [0.05, 0.1) is 5.41 Å². The average molecular weight is 589 g/mol. The molecule has 1 atom stereocenters. The predicted molar refractivity (Wildman–Crippen MR) is 186 cm³/mol. The molecule has 0 aliphatic rings. The molecule has 2 aromatic heterocycles. The first-order chi connectivity index (χ1) is 21.6. The van der Waals surface area contributed by atoms with Crippen molar-refractivity contribution in [3.63, 3.8) is 0 Å². The van der Waals surface area contributed by atoms with E-state index in [4.69, 9.17) is 0 Å². The second-order valence-corrected chi connectivity index (χ2v) is 13.1. The minimum absolute atomic E-state index is 0.187. The Kier molecular flexibility index (Phi) is 8.01. The van der Waals surface area contributed by atoms with E-state index in [0.717, 1.165) is 0 Å². The summed E-state index contributed by atoms with van der Waals surface area (Å²) < 4.78 is 4.72. The Morgan fingerprint density at radius 2 is 0.978 bits per heavy atom. The number of rotatable bonds is 7. The molecule has 0 N–H and O–H groups in total. The first kappa shape index (κ1) is 30.2. The van der Waals surface area contributed by atoms with Gasteiger partial charge >= 0.3 is 0 Å². The first-order valence-electron chi connectivity index (χ1n) is 15.9. The van der Waals surface area contributed by atoms with Crippen LogP contribution in [-0.2, 0) is 24.9 Å². The quantitative estimate of drug-likeness (QED) is 0.165. The third-order valence-electron chi connectivity index (χ3n) is 9.87. The Bertz CT molecular complexity index is 1970. The number of aryl methyl sites for hydroxylation is 3. The fraction of sp³-hybridized carbons (Fsp3) is 0.209. The molecular formula is C43H44N2+2. The Morgan fingerprint density at radius 1 is 0.444 bits per heavy atom. The zero-order valence-electron chi connectivity index (χ0n) is 27.7. The normalized spacial score (nSPS) is 13.0. The van der Waals surface area contributed by atoms with E-state index in [1.54, 1.807) is 0 Å². The number of hydrogen-bond donors (Lipinski definition) is 0. The minimum atomic E-state index is -0.438. The lowest BCUT2D eigenvalue weighted by atomic mass is 9.72. The van der Waals surface area contributed by atoms with Gasteiger partial charge < -0.3 is 0 Å². The van der Waals surface area contributed by atoms with Crippen molar-refractivity contribution in [2.24, 2.45) is 14.1 Å². The van der Waals surface area contributed by atoms with E-state index in [1.807, 2.05) is 0 Å². The van der Waals surface area contributed by atoms with Gasteiger partial charge in [-0.3, -0.25) is 0 Å². The summed E-state index contributed by atoms with van der Waals surface area (Å²) in [5.74, 6) is 0. The van der Waals surface area contributed by atoms with Gasteiger partial charge in [0, 0.05) is 24.3 Å². The molecule has 1 unspecified atom stereocenters. The van der Waals surface area contributed by atoms with Gasteiger partial charge in [-0.1, -0.05) is 97.1 Å². The van der Waals surface area contributed by atoms with E-state index in [1.165, 1.54) is 61.6 Å². The molecule has 6 aromatic rings. The van der Waals surface area contributed by atoms with Crippen LogP contribution in [0.4, 0.5) is 0 Å². The van der Waals surface area contributed by atoms with Crippen LogP contribution in [0.5, 0.6) is 0 Å². The van der Waals surface area contributed by atoms with Crippen LogP contribution < -0.4 is 9.13 Å². The highest BCUT2D eigenvalue weighted by Gasteiger charge is 2.47. The Balaban J connectivity index is 1.54. The number of hydrogen-bond acceptors (Lipinski definition) is 0. The van der Waals surface area contributed by atoms with Crippen LogP contribution in [-0.4, -0.2) is 0 Å². The van der Waals surface area contributed by atoms with Crippen molar-refractivity contribution >= 4 is 0 Å². The second-order valence-electron chi connectivity index (χ2n) is 13.1. The first-order valence-corrected chi connectivity index (χ1v) is 15.9. The molecule has 224 valence electrons. The topological polar surface area (TPSA) is 7.76 Å². The summed E-state index contributed by atoms with van der Waals surface area (Å²) >= 11 is 0. The van der Waals surface area contributed by atoms with Crippen molar-refractivity contribution in [2.45, 2.75) is 45.4 Å². The van der Waals surface area contributed by atoms with Crippen LogP contribution in [0.25, 0.3) is 22.3 Å². The number of aromatic nitrogens is 2. The molecule has 2 nitrogen and oxygen atoms in total. The fourth-order valence-corrected chi connectivity index (χ4v) is 7.40. The molecule has 6 rings (SSSR count). The Labute approximate surface area is 269 Å². The highest BCUT2D eigenvalue weighted by Crippen LogP contribution is 2.41. The van der Waals surface area contributed by atoms with E-state index < -0.39 is 5.41 Å². The van der Waals surface area contributed by atoms with Crippen molar-refractivity contribution in [2.75, 3.05) is 0 Å². The van der Waals surface area contributed by atoms with Crippen molar-refractivity contribution in [1.82, 2.24) is 0 Å².